The number of hydrogen-bond donors (Lipinski definition) is 3. The van der Waals surface area contributed by atoms with Gasteiger partial charge in [0.15, 0.2) is 0 Å². The zero-order chi connectivity index (χ0) is 38.2. The molecule has 5 aromatic rings. The van der Waals surface area contributed by atoms with Crippen LogP contribution in [-0.2, 0) is 24.7 Å². The highest BCUT2D eigenvalue weighted by atomic mass is 16.5. The molecule has 2 atom stereocenters. The number of carboxylic acid groups (broad SMARTS) is 1. The van der Waals surface area contributed by atoms with Crippen LogP contribution in [0.3, 0.4) is 0 Å². The SMILES string of the molecule is CC(C)[C@H](NC(=O)OCC1c2ccccc2-c2ccccc21)C(=O)N(C)[C@@H](CCC(=O)NC(c1ccccc1)(c1ccccc1)c1ccccc1)C(=O)O. The van der Waals surface area contributed by atoms with E-state index in [1.807, 2.05) is 140 Å². The van der Waals surface area contributed by atoms with E-state index >= 15 is 0 Å². The molecule has 0 spiro atoms. The Balaban J connectivity index is 1.14. The summed E-state index contributed by atoms with van der Waals surface area (Å²) in [5.41, 5.74) is 5.73. The number of nitrogens with one attached hydrogen (secondary N) is 2. The van der Waals surface area contributed by atoms with E-state index in [0.29, 0.717) is 0 Å². The molecule has 9 heteroatoms. The third-order valence-corrected chi connectivity index (χ3v) is 10.2. The Morgan fingerprint density at radius 3 is 1.59 bits per heavy atom. The van der Waals surface area contributed by atoms with Crippen LogP contribution in [0.15, 0.2) is 140 Å². The number of likely N-dealkylation sites (N-methyl/N-ethyl adjacent to an activating group) is 1. The van der Waals surface area contributed by atoms with E-state index in [9.17, 15) is 24.3 Å². The average Bonchev–Trinajstić information content (AvgIpc) is 3.52. The topological polar surface area (TPSA) is 125 Å². The number of fused-ring (bicyclic) bond motifs is 3. The first-order valence-corrected chi connectivity index (χ1v) is 18.2. The van der Waals surface area contributed by atoms with Gasteiger partial charge < -0.3 is 25.4 Å². The number of aliphatic carboxylic acids is 1. The fourth-order valence-corrected chi connectivity index (χ4v) is 7.46. The van der Waals surface area contributed by atoms with Crippen LogP contribution in [0.25, 0.3) is 11.1 Å². The Labute approximate surface area is 316 Å². The summed E-state index contributed by atoms with van der Waals surface area (Å²) < 4.78 is 5.70. The number of nitrogens with zero attached hydrogens (tertiary/aromatic N) is 1. The summed E-state index contributed by atoms with van der Waals surface area (Å²) in [6.45, 7) is 3.59. The van der Waals surface area contributed by atoms with Crippen molar-refractivity contribution in [2.24, 2.45) is 5.92 Å². The minimum Gasteiger partial charge on any atom is -0.480 e. The molecule has 6 rings (SSSR count). The molecule has 276 valence electrons. The first-order valence-electron chi connectivity index (χ1n) is 18.2. The lowest BCUT2D eigenvalue weighted by molar-refractivity contribution is -0.150. The smallest absolute Gasteiger partial charge is 0.407 e. The van der Waals surface area contributed by atoms with Gasteiger partial charge in [0.2, 0.25) is 11.8 Å². The van der Waals surface area contributed by atoms with Crippen molar-refractivity contribution in [3.8, 4) is 11.1 Å². The maximum absolute atomic E-state index is 13.9. The molecular formula is C45H45N3O6. The third-order valence-electron chi connectivity index (χ3n) is 10.2. The molecule has 1 aliphatic rings. The predicted octanol–water partition coefficient (Wildman–Crippen LogP) is 7.35. The second kappa shape index (κ2) is 16.6. The Kier molecular flexibility index (Phi) is 11.6. The molecule has 9 nitrogen and oxygen atoms in total. The van der Waals surface area contributed by atoms with Gasteiger partial charge in [0.25, 0.3) is 0 Å². The number of ether oxygens (including phenoxy) is 1. The normalized spacial score (nSPS) is 13.3. The molecule has 3 amide bonds. The van der Waals surface area contributed by atoms with Crippen LogP contribution in [0.2, 0.25) is 0 Å². The quantitative estimate of drug-likeness (QED) is 0.103. The number of hydrogen-bond acceptors (Lipinski definition) is 5. The highest BCUT2D eigenvalue weighted by molar-refractivity contribution is 5.90. The first kappa shape index (κ1) is 37.5. The van der Waals surface area contributed by atoms with Gasteiger partial charge in [-0.05, 0) is 51.3 Å². The van der Waals surface area contributed by atoms with Crippen LogP contribution in [0.5, 0.6) is 0 Å². The molecule has 0 radical (unpaired) electrons. The minimum absolute atomic E-state index is 0.0675. The molecule has 54 heavy (non-hydrogen) atoms. The maximum atomic E-state index is 13.9. The third kappa shape index (κ3) is 7.76. The second-order valence-corrected chi connectivity index (χ2v) is 13.9. The van der Waals surface area contributed by atoms with Crippen LogP contribution < -0.4 is 10.6 Å². The van der Waals surface area contributed by atoms with Crippen molar-refractivity contribution < 1.29 is 29.0 Å². The summed E-state index contributed by atoms with van der Waals surface area (Å²) in [5, 5.41) is 16.2. The van der Waals surface area contributed by atoms with E-state index in [2.05, 4.69) is 10.6 Å². The molecule has 0 aromatic heterocycles. The van der Waals surface area contributed by atoms with Gasteiger partial charge in [-0.3, -0.25) is 9.59 Å². The Bertz CT molecular complexity index is 1940. The zero-order valence-corrected chi connectivity index (χ0v) is 30.6. The standard InChI is InChI=1S/C45H45N3O6/c1-30(2)41(46-44(53)54-29-38-36-25-15-13-23-34(36)35-24-14-16-26-37(35)38)42(50)48(3)39(43(51)52)27-28-40(49)47-45(31-17-7-4-8-18-31,32-19-9-5-10-20-32)33-21-11-6-12-22-33/h4-26,30,38-39,41H,27-29H2,1-3H3,(H,46,53)(H,47,49)(H,51,52)/t39-,41-/m0/s1. The van der Waals surface area contributed by atoms with Crippen molar-refractivity contribution in [1.82, 2.24) is 15.5 Å². The molecule has 5 aromatic carbocycles. The van der Waals surface area contributed by atoms with E-state index < -0.39 is 41.5 Å². The number of amides is 3. The van der Waals surface area contributed by atoms with E-state index in [-0.39, 0.29) is 31.3 Å². The molecule has 0 bridgehead atoms. The Morgan fingerprint density at radius 1 is 0.704 bits per heavy atom. The van der Waals surface area contributed by atoms with E-state index in [0.717, 1.165) is 43.8 Å². The van der Waals surface area contributed by atoms with Gasteiger partial charge in [0.1, 0.15) is 24.2 Å². The zero-order valence-electron chi connectivity index (χ0n) is 30.6. The minimum atomic E-state index is -1.34. The number of carboxylic acids is 1. The highest BCUT2D eigenvalue weighted by Gasteiger charge is 2.39. The van der Waals surface area contributed by atoms with Gasteiger partial charge in [-0.15, -0.1) is 0 Å². The molecule has 0 aliphatic heterocycles. The molecule has 1 aliphatic carbocycles. The fourth-order valence-electron chi connectivity index (χ4n) is 7.46. The summed E-state index contributed by atoms with van der Waals surface area (Å²) >= 11 is 0. The van der Waals surface area contributed by atoms with Crippen LogP contribution in [-0.4, -0.2) is 59.6 Å². The fraction of sp³-hybridized carbons (Fsp3) is 0.244. The van der Waals surface area contributed by atoms with Crippen molar-refractivity contribution in [1.29, 1.82) is 0 Å². The van der Waals surface area contributed by atoms with Gasteiger partial charge in [0, 0.05) is 19.4 Å². The number of carbonyl (C=O) groups is 4. The summed E-state index contributed by atoms with van der Waals surface area (Å²) in [4.78, 5) is 54.7. The lowest BCUT2D eigenvalue weighted by Crippen LogP contribution is -2.54. The van der Waals surface area contributed by atoms with Crippen molar-refractivity contribution in [2.45, 2.75) is 50.2 Å². The molecular weight excluding hydrogens is 679 g/mol. The molecule has 0 saturated carbocycles. The van der Waals surface area contributed by atoms with Gasteiger partial charge in [-0.1, -0.05) is 153 Å². The van der Waals surface area contributed by atoms with Gasteiger partial charge in [0.05, 0.1) is 0 Å². The summed E-state index contributed by atoms with van der Waals surface area (Å²) in [6.07, 6.45) is -1.12. The van der Waals surface area contributed by atoms with Crippen molar-refractivity contribution in [3.05, 3.63) is 167 Å². The van der Waals surface area contributed by atoms with Gasteiger partial charge in [-0.2, -0.15) is 0 Å². The van der Waals surface area contributed by atoms with Gasteiger partial charge >= 0.3 is 12.1 Å². The maximum Gasteiger partial charge on any atom is 0.407 e. The number of benzene rings is 5. The Morgan fingerprint density at radius 2 is 1.15 bits per heavy atom. The number of alkyl carbamates (subject to hydrolysis) is 1. The van der Waals surface area contributed by atoms with Crippen LogP contribution in [0, 0.1) is 5.92 Å². The monoisotopic (exact) mass is 723 g/mol. The molecule has 0 unspecified atom stereocenters. The van der Waals surface area contributed by atoms with Crippen molar-refractivity contribution in [2.75, 3.05) is 13.7 Å². The summed E-state index contributed by atoms with van der Waals surface area (Å²) in [5.74, 6) is -2.80. The van der Waals surface area contributed by atoms with Crippen LogP contribution in [0.1, 0.15) is 60.4 Å². The number of rotatable bonds is 14. The number of carbonyl (C=O) groups excluding carboxylic acids is 3. The summed E-state index contributed by atoms with van der Waals surface area (Å²) in [7, 11) is 1.38. The van der Waals surface area contributed by atoms with Gasteiger partial charge in [-0.25, -0.2) is 9.59 Å². The summed E-state index contributed by atoms with van der Waals surface area (Å²) in [6, 6.07) is 42.4. The van der Waals surface area contributed by atoms with E-state index in [4.69, 9.17) is 4.74 Å². The second-order valence-electron chi connectivity index (χ2n) is 13.9. The highest BCUT2D eigenvalue weighted by Crippen LogP contribution is 2.44. The Hall–Kier alpha value is -6.22. The molecule has 0 saturated heterocycles. The predicted molar refractivity (Wildman–Crippen MR) is 208 cm³/mol. The lowest BCUT2D eigenvalue weighted by Gasteiger charge is -2.37. The lowest BCUT2D eigenvalue weighted by atomic mass is 9.77. The first-order chi connectivity index (χ1) is 26.1. The molecule has 0 fully saturated rings. The average molecular weight is 724 g/mol. The van der Waals surface area contributed by atoms with Crippen LogP contribution in [0.4, 0.5) is 4.79 Å². The molecule has 3 N–H and O–H groups in total. The van der Waals surface area contributed by atoms with Crippen LogP contribution >= 0.6 is 0 Å². The van der Waals surface area contributed by atoms with Crippen molar-refractivity contribution in [3.63, 3.8) is 0 Å². The molecule has 0 heterocycles. The van der Waals surface area contributed by atoms with E-state index in [1.54, 1.807) is 13.8 Å². The largest absolute Gasteiger partial charge is 0.480 e. The van der Waals surface area contributed by atoms with E-state index in [1.165, 1.54) is 7.05 Å². The van der Waals surface area contributed by atoms with Crippen molar-refractivity contribution >= 4 is 23.9 Å².